The predicted molar refractivity (Wildman–Crippen MR) is 108 cm³/mol. The van der Waals surface area contributed by atoms with E-state index in [4.69, 9.17) is 0 Å². The number of hydrogen-bond acceptors (Lipinski definition) is 3. The van der Waals surface area contributed by atoms with Gasteiger partial charge in [0.05, 0.1) is 5.56 Å². The molecule has 0 bridgehead atoms. The highest BCUT2D eigenvalue weighted by Crippen LogP contribution is 2.59. The average Bonchev–Trinajstić information content (AvgIpc) is 3.47. The van der Waals surface area contributed by atoms with E-state index >= 15 is 0 Å². The number of hydrogen-bond donors (Lipinski definition) is 1. The zero-order valence-corrected chi connectivity index (χ0v) is 17.0. The molecule has 1 saturated carbocycles. The van der Waals surface area contributed by atoms with Gasteiger partial charge in [0.2, 0.25) is 5.91 Å². The highest BCUT2D eigenvalue weighted by atomic mass is 19.4. The summed E-state index contributed by atoms with van der Waals surface area (Å²) in [6.07, 6.45) is 0.0978. The second kappa shape index (κ2) is 8.32. The largest absolute Gasteiger partial charge is 0.416 e. The van der Waals surface area contributed by atoms with Gasteiger partial charge in [0.15, 0.2) is 0 Å². The van der Waals surface area contributed by atoms with E-state index in [9.17, 15) is 22.8 Å². The Kier molecular flexibility index (Phi) is 5.73. The molecule has 31 heavy (non-hydrogen) atoms. The minimum Gasteiger partial charge on any atom is -0.355 e. The van der Waals surface area contributed by atoms with Crippen LogP contribution in [0, 0.1) is 11.3 Å². The molecule has 2 heterocycles. The molecule has 164 valence electrons. The molecule has 5 nitrogen and oxygen atoms in total. The van der Waals surface area contributed by atoms with E-state index < -0.39 is 17.6 Å². The van der Waals surface area contributed by atoms with Gasteiger partial charge in [-0.25, -0.2) is 0 Å². The Balaban J connectivity index is 1.27. The SMILES string of the molecule is O=C(NCCc1ccccn1)[C@@H]1CC12CCN(C(=O)c1cccc(C(F)(F)F)c1)CC2. The van der Waals surface area contributed by atoms with E-state index in [0.717, 1.165) is 24.2 Å². The summed E-state index contributed by atoms with van der Waals surface area (Å²) in [5, 5.41) is 2.98. The Morgan fingerprint density at radius 1 is 1.13 bits per heavy atom. The van der Waals surface area contributed by atoms with Gasteiger partial charge in [-0.1, -0.05) is 12.1 Å². The Hall–Kier alpha value is -2.90. The lowest BCUT2D eigenvalue weighted by Gasteiger charge is -2.33. The monoisotopic (exact) mass is 431 g/mol. The number of benzene rings is 1. The summed E-state index contributed by atoms with van der Waals surface area (Å²) < 4.78 is 38.8. The van der Waals surface area contributed by atoms with Crippen LogP contribution >= 0.6 is 0 Å². The van der Waals surface area contributed by atoms with Gasteiger partial charge in [-0.15, -0.1) is 0 Å². The summed E-state index contributed by atoms with van der Waals surface area (Å²) in [7, 11) is 0. The molecule has 1 aliphatic carbocycles. The van der Waals surface area contributed by atoms with Crippen LogP contribution in [0.1, 0.15) is 40.9 Å². The lowest BCUT2D eigenvalue weighted by atomic mass is 9.90. The van der Waals surface area contributed by atoms with E-state index in [1.165, 1.54) is 12.1 Å². The molecule has 2 amide bonds. The second-order valence-corrected chi connectivity index (χ2v) is 8.35. The lowest BCUT2D eigenvalue weighted by molar-refractivity contribution is -0.137. The van der Waals surface area contributed by atoms with Crippen LogP contribution in [0.3, 0.4) is 0 Å². The molecule has 0 unspecified atom stereocenters. The number of amides is 2. The van der Waals surface area contributed by atoms with Gasteiger partial charge in [-0.3, -0.25) is 14.6 Å². The normalized spacial score (nSPS) is 19.8. The third kappa shape index (κ3) is 4.73. The lowest BCUT2D eigenvalue weighted by Crippen LogP contribution is -2.40. The molecule has 2 aromatic rings. The van der Waals surface area contributed by atoms with Crippen LogP contribution in [-0.4, -0.2) is 41.3 Å². The first kappa shape index (κ1) is 21.3. The summed E-state index contributed by atoms with van der Waals surface area (Å²) in [6.45, 7) is 1.43. The second-order valence-electron chi connectivity index (χ2n) is 8.35. The van der Waals surface area contributed by atoms with Crippen molar-refractivity contribution in [3.8, 4) is 0 Å². The van der Waals surface area contributed by atoms with Crippen molar-refractivity contribution in [2.75, 3.05) is 19.6 Å². The minimum absolute atomic E-state index is 0.0357. The Morgan fingerprint density at radius 3 is 2.58 bits per heavy atom. The summed E-state index contributed by atoms with van der Waals surface area (Å²) in [6, 6.07) is 10.2. The quantitative estimate of drug-likeness (QED) is 0.785. The number of rotatable bonds is 5. The Morgan fingerprint density at radius 2 is 1.90 bits per heavy atom. The topological polar surface area (TPSA) is 62.3 Å². The van der Waals surface area contributed by atoms with Crippen molar-refractivity contribution in [3.63, 3.8) is 0 Å². The molecular formula is C23H24F3N3O2. The highest BCUT2D eigenvalue weighted by Gasteiger charge is 2.58. The number of carbonyl (C=O) groups excluding carboxylic acids is 2. The standard InChI is InChI=1S/C23H24F3N3O2/c24-23(25,26)17-5-3-4-16(14-17)21(31)29-12-8-22(9-13-29)15-19(22)20(30)28-11-7-18-6-1-2-10-27-18/h1-6,10,14,19H,7-9,11-13,15H2,(H,28,30)/t19-/m0/s1. The first-order valence-corrected chi connectivity index (χ1v) is 10.4. The number of aromatic nitrogens is 1. The van der Waals surface area contributed by atoms with Crippen LogP contribution in [0.15, 0.2) is 48.7 Å². The summed E-state index contributed by atoms with van der Waals surface area (Å²) in [5.41, 5.74) is 0.0659. The fourth-order valence-corrected chi connectivity index (χ4v) is 4.42. The number of piperidine rings is 1. The number of pyridine rings is 1. The summed E-state index contributed by atoms with van der Waals surface area (Å²) in [5.74, 6) is -0.409. The fourth-order valence-electron chi connectivity index (χ4n) is 4.42. The van der Waals surface area contributed by atoms with Crippen LogP contribution in [0.4, 0.5) is 13.2 Å². The van der Waals surface area contributed by atoms with Gasteiger partial charge >= 0.3 is 6.18 Å². The minimum atomic E-state index is -4.48. The number of halogens is 3. The number of nitrogens with one attached hydrogen (secondary N) is 1. The van der Waals surface area contributed by atoms with Crippen LogP contribution in [0.5, 0.6) is 0 Å². The summed E-state index contributed by atoms with van der Waals surface area (Å²) >= 11 is 0. The molecule has 2 fully saturated rings. The zero-order valence-electron chi connectivity index (χ0n) is 17.0. The van der Waals surface area contributed by atoms with Crippen molar-refractivity contribution < 1.29 is 22.8 Å². The van der Waals surface area contributed by atoms with Crippen LogP contribution < -0.4 is 5.32 Å². The molecule has 8 heteroatoms. The van der Waals surface area contributed by atoms with E-state index in [2.05, 4.69) is 10.3 Å². The predicted octanol–water partition coefficient (Wildman–Crippen LogP) is 3.70. The number of nitrogens with zero attached hydrogens (tertiary/aromatic N) is 2. The summed E-state index contributed by atoms with van der Waals surface area (Å²) in [4.78, 5) is 31.0. The molecule has 2 aliphatic rings. The molecule has 0 radical (unpaired) electrons. The molecular weight excluding hydrogens is 407 g/mol. The Labute approximate surface area is 178 Å². The first-order chi connectivity index (χ1) is 14.8. The molecule has 4 rings (SSSR count). The molecule has 1 aromatic heterocycles. The van der Waals surface area contributed by atoms with Gasteiger partial charge in [0, 0.05) is 49.4 Å². The van der Waals surface area contributed by atoms with Gasteiger partial charge < -0.3 is 10.2 Å². The average molecular weight is 431 g/mol. The van der Waals surface area contributed by atoms with Crippen molar-refractivity contribution >= 4 is 11.8 Å². The van der Waals surface area contributed by atoms with Crippen LogP contribution in [-0.2, 0) is 17.4 Å². The van der Waals surface area contributed by atoms with Gasteiger partial charge in [-0.05, 0) is 55.0 Å². The Bertz CT molecular complexity index is 954. The maximum Gasteiger partial charge on any atom is 0.416 e. The first-order valence-electron chi connectivity index (χ1n) is 10.4. The van der Waals surface area contributed by atoms with Gasteiger partial charge in [0.25, 0.3) is 5.91 Å². The molecule has 1 N–H and O–H groups in total. The number of alkyl halides is 3. The van der Waals surface area contributed by atoms with Crippen LogP contribution in [0.2, 0.25) is 0 Å². The molecule has 1 spiro atoms. The smallest absolute Gasteiger partial charge is 0.355 e. The van der Waals surface area contributed by atoms with Crippen molar-refractivity contribution in [1.82, 2.24) is 15.2 Å². The van der Waals surface area contributed by atoms with Gasteiger partial charge in [-0.2, -0.15) is 13.2 Å². The third-order valence-electron chi connectivity index (χ3n) is 6.40. The van der Waals surface area contributed by atoms with Crippen molar-refractivity contribution in [2.45, 2.75) is 31.9 Å². The zero-order chi connectivity index (χ0) is 22.1. The van der Waals surface area contributed by atoms with Crippen LogP contribution in [0.25, 0.3) is 0 Å². The van der Waals surface area contributed by atoms with E-state index in [1.807, 2.05) is 18.2 Å². The van der Waals surface area contributed by atoms with E-state index in [0.29, 0.717) is 38.9 Å². The highest BCUT2D eigenvalue weighted by molar-refractivity contribution is 5.94. The molecule has 1 aliphatic heterocycles. The van der Waals surface area contributed by atoms with Gasteiger partial charge in [0.1, 0.15) is 0 Å². The van der Waals surface area contributed by atoms with E-state index in [1.54, 1.807) is 11.1 Å². The fraction of sp³-hybridized carbons (Fsp3) is 0.435. The van der Waals surface area contributed by atoms with Crippen molar-refractivity contribution in [1.29, 1.82) is 0 Å². The maximum atomic E-state index is 12.9. The molecule has 1 aromatic carbocycles. The molecule has 1 saturated heterocycles. The molecule has 1 atom stereocenters. The maximum absolute atomic E-state index is 12.9. The number of carbonyl (C=O) groups is 2. The van der Waals surface area contributed by atoms with Crippen molar-refractivity contribution in [3.05, 3.63) is 65.5 Å². The van der Waals surface area contributed by atoms with E-state index in [-0.39, 0.29) is 22.8 Å². The van der Waals surface area contributed by atoms with Crippen molar-refractivity contribution in [2.24, 2.45) is 11.3 Å². The third-order valence-corrected chi connectivity index (χ3v) is 6.40. The number of likely N-dealkylation sites (tertiary alicyclic amines) is 1.